The van der Waals surface area contributed by atoms with Crippen molar-refractivity contribution in [3.8, 4) is 17.9 Å². The maximum atomic E-state index is 11.8. The van der Waals surface area contributed by atoms with E-state index in [0.717, 1.165) is 5.56 Å². The number of carbonyl (C=O) groups is 1. The number of benzene rings is 2. The molecule has 0 aliphatic heterocycles. The number of halogens is 1. The van der Waals surface area contributed by atoms with Crippen molar-refractivity contribution < 1.29 is 14.3 Å². The molecule has 2 aromatic rings. The van der Waals surface area contributed by atoms with Crippen molar-refractivity contribution in [2.75, 3.05) is 6.61 Å². The lowest BCUT2D eigenvalue weighted by Gasteiger charge is -2.10. The number of hydrogen-bond donors (Lipinski definition) is 0. The number of nitrogens with zero attached hydrogens (tertiary/aromatic N) is 2. The van der Waals surface area contributed by atoms with Crippen LogP contribution >= 0.6 is 11.6 Å². The molecule has 0 saturated carbocycles. The smallest absolute Gasteiger partial charge is 0.348 e. The minimum Gasteiger partial charge on any atom is -0.488 e. The standard InChI is InChI=1S/C20H15ClN2O3/c1-2-25-20(24)17(12-23)9-16-10-18(21)7-8-19(16)26-13-15-5-3-14(11-22)4-6-15/h3-10H,2,13H2,1H3/b17-9+. The summed E-state index contributed by atoms with van der Waals surface area (Å²) in [7, 11) is 0. The van der Waals surface area contributed by atoms with Gasteiger partial charge in [0.15, 0.2) is 0 Å². The van der Waals surface area contributed by atoms with Gasteiger partial charge in [-0.25, -0.2) is 4.79 Å². The molecule has 0 unspecified atom stereocenters. The van der Waals surface area contributed by atoms with Crippen LogP contribution in [0.15, 0.2) is 48.0 Å². The van der Waals surface area contributed by atoms with Crippen LogP contribution in [0, 0.1) is 22.7 Å². The summed E-state index contributed by atoms with van der Waals surface area (Å²) in [5.74, 6) is -0.233. The monoisotopic (exact) mass is 366 g/mol. The summed E-state index contributed by atoms with van der Waals surface area (Å²) in [5, 5.41) is 18.5. The van der Waals surface area contributed by atoms with E-state index in [-0.39, 0.29) is 18.8 Å². The van der Waals surface area contributed by atoms with Crippen molar-refractivity contribution in [1.82, 2.24) is 0 Å². The van der Waals surface area contributed by atoms with E-state index in [1.54, 1.807) is 49.4 Å². The predicted molar refractivity (Wildman–Crippen MR) is 97.2 cm³/mol. The van der Waals surface area contributed by atoms with Gasteiger partial charge < -0.3 is 9.47 Å². The van der Waals surface area contributed by atoms with Crippen LogP contribution in [-0.4, -0.2) is 12.6 Å². The van der Waals surface area contributed by atoms with Crippen molar-refractivity contribution in [1.29, 1.82) is 10.5 Å². The Kier molecular flexibility index (Phi) is 6.79. The molecule has 2 rings (SSSR count). The Morgan fingerprint density at radius 3 is 2.54 bits per heavy atom. The summed E-state index contributed by atoms with van der Waals surface area (Å²) in [4.78, 5) is 11.8. The Morgan fingerprint density at radius 1 is 1.19 bits per heavy atom. The maximum absolute atomic E-state index is 11.8. The topological polar surface area (TPSA) is 83.1 Å². The summed E-state index contributed by atoms with van der Waals surface area (Å²) in [5.41, 5.74) is 1.80. The van der Waals surface area contributed by atoms with Gasteiger partial charge in [-0.05, 0) is 48.9 Å². The Balaban J connectivity index is 2.25. The van der Waals surface area contributed by atoms with E-state index >= 15 is 0 Å². The molecule has 0 N–H and O–H groups in total. The number of hydrogen-bond acceptors (Lipinski definition) is 5. The highest BCUT2D eigenvalue weighted by Gasteiger charge is 2.12. The molecule has 0 aliphatic carbocycles. The molecule has 0 bridgehead atoms. The van der Waals surface area contributed by atoms with Crippen LogP contribution in [0.3, 0.4) is 0 Å². The molecule has 0 radical (unpaired) electrons. The van der Waals surface area contributed by atoms with Crippen LogP contribution in [0.5, 0.6) is 5.75 Å². The van der Waals surface area contributed by atoms with Gasteiger partial charge in [0.2, 0.25) is 0 Å². The van der Waals surface area contributed by atoms with Crippen molar-refractivity contribution in [2.45, 2.75) is 13.5 Å². The minimum absolute atomic E-state index is 0.141. The fraction of sp³-hybridized carbons (Fsp3) is 0.150. The van der Waals surface area contributed by atoms with Gasteiger partial charge in [-0.3, -0.25) is 0 Å². The molecule has 0 aliphatic rings. The van der Waals surface area contributed by atoms with Crippen LogP contribution in [-0.2, 0) is 16.1 Å². The van der Waals surface area contributed by atoms with Crippen LogP contribution in [0.25, 0.3) is 6.08 Å². The zero-order chi connectivity index (χ0) is 18.9. The number of nitriles is 2. The summed E-state index contributed by atoms with van der Waals surface area (Å²) in [6.07, 6.45) is 1.39. The van der Waals surface area contributed by atoms with Crippen LogP contribution in [0.1, 0.15) is 23.6 Å². The maximum Gasteiger partial charge on any atom is 0.348 e. The molecule has 0 spiro atoms. The lowest BCUT2D eigenvalue weighted by Crippen LogP contribution is -2.06. The van der Waals surface area contributed by atoms with Gasteiger partial charge >= 0.3 is 5.97 Å². The van der Waals surface area contributed by atoms with Gasteiger partial charge in [0, 0.05) is 10.6 Å². The lowest BCUT2D eigenvalue weighted by molar-refractivity contribution is -0.137. The normalized spacial score (nSPS) is 10.5. The van der Waals surface area contributed by atoms with Crippen LogP contribution < -0.4 is 4.74 Å². The first-order valence-corrected chi connectivity index (χ1v) is 8.15. The van der Waals surface area contributed by atoms with E-state index in [2.05, 4.69) is 6.07 Å². The molecule has 0 atom stereocenters. The molecular weight excluding hydrogens is 352 g/mol. The van der Waals surface area contributed by atoms with Gasteiger partial charge in [-0.2, -0.15) is 10.5 Å². The fourth-order valence-corrected chi connectivity index (χ4v) is 2.28. The highest BCUT2D eigenvalue weighted by molar-refractivity contribution is 6.30. The highest BCUT2D eigenvalue weighted by atomic mass is 35.5. The Labute approximate surface area is 156 Å². The fourth-order valence-electron chi connectivity index (χ4n) is 2.10. The summed E-state index contributed by atoms with van der Waals surface area (Å²) in [6.45, 7) is 2.10. The predicted octanol–water partition coefficient (Wildman–Crippen LogP) is 4.26. The number of esters is 1. The molecule has 2 aromatic carbocycles. The average Bonchev–Trinajstić information content (AvgIpc) is 2.66. The molecule has 26 heavy (non-hydrogen) atoms. The lowest BCUT2D eigenvalue weighted by atomic mass is 10.1. The van der Waals surface area contributed by atoms with Gasteiger partial charge in [-0.1, -0.05) is 23.7 Å². The Bertz CT molecular complexity index is 906. The van der Waals surface area contributed by atoms with Crippen LogP contribution in [0.2, 0.25) is 5.02 Å². The van der Waals surface area contributed by atoms with Crippen molar-refractivity contribution in [3.05, 3.63) is 69.8 Å². The molecule has 6 heteroatoms. The van der Waals surface area contributed by atoms with Crippen molar-refractivity contribution >= 4 is 23.6 Å². The SMILES string of the molecule is CCOC(=O)/C(C#N)=C/c1cc(Cl)ccc1OCc1ccc(C#N)cc1. The molecular formula is C20H15ClN2O3. The second-order valence-electron chi connectivity index (χ2n) is 5.17. The van der Waals surface area contributed by atoms with Gasteiger partial charge in [0.05, 0.1) is 18.2 Å². The first-order chi connectivity index (χ1) is 12.6. The van der Waals surface area contributed by atoms with E-state index in [0.29, 0.717) is 21.9 Å². The molecule has 0 amide bonds. The number of carbonyl (C=O) groups excluding carboxylic acids is 1. The number of ether oxygens (including phenoxy) is 2. The largest absolute Gasteiger partial charge is 0.488 e. The van der Waals surface area contributed by atoms with Crippen LogP contribution in [0.4, 0.5) is 0 Å². The number of rotatable bonds is 6. The van der Waals surface area contributed by atoms with E-state index in [1.165, 1.54) is 6.08 Å². The van der Waals surface area contributed by atoms with Crippen molar-refractivity contribution in [3.63, 3.8) is 0 Å². The summed E-state index contributed by atoms with van der Waals surface area (Å²) < 4.78 is 10.6. The summed E-state index contributed by atoms with van der Waals surface area (Å²) in [6, 6.07) is 15.8. The van der Waals surface area contributed by atoms with E-state index < -0.39 is 5.97 Å². The Morgan fingerprint density at radius 2 is 1.92 bits per heavy atom. The van der Waals surface area contributed by atoms with Gasteiger partial charge in [0.25, 0.3) is 0 Å². The first kappa shape index (κ1) is 19.1. The van der Waals surface area contributed by atoms with Gasteiger partial charge in [0.1, 0.15) is 24.0 Å². The second-order valence-corrected chi connectivity index (χ2v) is 5.61. The average molecular weight is 367 g/mol. The third-order valence-electron chi connectivity index (χ3n) is 3.36. The molecule has 0 heterocycles. The van der Waals surface area contributed by atoms with Gasteiger partial charge in [-0.15, -0.1) is 0 Å². The molecule has 0 saturated heterocycles. The quantitative estimate of drug-likeness (QED) is 0.433. The zero-order valence-electron chi connectivity index (χ0n) is 14.0. The minimum atomic E-state index is -0.701. The van der Waals surface area contributed by atoms with E-state index in [4.69, 9.17) is 26.3 Å². The van der Waals surface area contributed by atoms with E-state index in [9.17, 15) is 10.1 Å². The highest BCUT2D eigenvalue weighted by Crippen LogP contribution is 2.26. The third kappa shape index (κ3) is 5.11. The summed E-state index contributed by atoms with van der Waals surface area (Å²) >= 11 is 6.02. The molecule has 5 nitrogen and oxygen atoms in total. The Hall–Kier alpha value is -3.28. The molecule has 0 aromatic heterocycles. The third-order valence-corrected chi connectivity index (χ3v) is 3.60. The first-order valence-electron chi connectivity index (χ1n) is 7.77. The molecule has 0 fully saturated rings. The zero-order valence-corrected chi connectivity index (χ0v) is 14.8. The van der Waals surface area contributed by atoms with E-state index in [1.807, 2.05) is 6.07 Å². The second kappa shape index (κ2) is 9.27. The molecule has 130 valence electrons. The van der Waals surface area contributed by atoms with Crippen molar-refractivity contribution in [2.24, 2.45) is 0 Å².